The Labute approximate surface area is 116 Å². The maximum atomic E-state index is 6.16. The van der Waals surface area contributed by atoms with Crippen molar-refractivity contribution in [1.82, 2.24) is 10.3 Å². The van der Waals surface area contributed by atoms with Crippen LogP contribution < -0.4 is 10.1 Å². The Morgan fingerprint density at radius 1 is 1.37 bits per heavy atom. The first-order valence-electron chi connectivity index (χ1n) is 7.64. The molecule has 0 saturated heterocycles. The smallest absolute Gasteiger partial charge is 0.218 e. The van der Waals surface area contributed by atoms with Crippen molar-refractivity contribution in [3.63, 3.8) is 0 Å². The average Bonchev–Trinajstić information content (AvgIpc) is 2.46. The fraction of sp³-hybridized carbons (Fsp3) is 0.688. The summed E-state index contributed by atoms with van der Waals surface area (Å²) in [6.45, 7) is 6.20. The van der Waals surface area contributed by atoms with Gasteiger partial charge in [-0.3, -0.25) is 0 Å². The lowest BCUT2D eigenvalue weighted by molar-refractivity contribution is 0.116. The van der Waals surface area contributed by atoms with Gasteiger partial charge >= 0.3 is 0 Å². The van der Waals surface area contributed by atoms with E-state index in [1.165, 1.54) is 37.7 Å². The number of pyridine rings is 1. The third-order valence-electron chi connectivity index (χ3n) is 4.01. The molecular formula is C16H26N2O. The topological polar surface area (TPSA) is 34.2 Å². The predicted octanol–water partition coefficient (Wildman–Crippen LogP) is 3.54. The fourth-order valence-electron chi connectivity index (χ4n) is 2.80. The zero-order chi connectivity index (χ0) is 13.5. The zero-order valence-corrected chi connectivity index (χ0v) is 12.2. The van der Waals surface area contributed by atoms with Crippen molar-refractivity contribution in [3.05, 3.63) is 23.9 Å². The summed E-state index contributed by atoms with van der Waals surface area (Å²) in [5, 5.41) is 3.34. The molecule has 106 valence electrons. The van der Waals surface area contributed by atoms with Crippen molar-refractivity contribution >= 4 is 0 Å². The van der Waals surface area contributed by atoms with Crippen LogP contribution >= 0.6 is 0 Å². The summed E-state index contributed by atoms with van der Waals surface area (Å²) < 4.78 is 6.16. The SMILES string of the molecule is CCNCc1cccnc1OC1CCCC(CC)C1. The molecule has 1 N–H and O–H groups in total. The Morgan fingerprint density at radius 3 is 3.05 bits per heavy atom. The van der Waals surface area contributed by atoms with Gasteiger partial charge in [-0.05, 0) is 37.8 Å². The highest BCUT2D eigenvalue weighted by molar-refractivity contribution is 5.25. The molecule has 0 amide bonds. The van der Waals surface area contributed by atoms with Crippen LogP contribution in [0.15, 0.2) is 18.3 Å². The summed E-state index contributed by atoms with van der Waals surface area (Å²) >= 11 is 0. The third kappa shape index (κ3) is 4.20. The number of rotatable bonds is 6. The number of hydrogen-bond donors (Lipinski definition) is 1. The molecule has 0 aliphatic heterocycles. The van der Waals surface area contributed by atoms with E-state index >= 15 is 0 Å². The predicted molar refractivity (Wildman–Crippen MR) is 78.3 cm³/mol. The second-order valence-electron chi connectivity index (χ2n) is 5.43. The van der Waals surface area contributed by atoms with Crippen molar-refractivity contribution in [3.8, 4) is 5.88 Å². The van der Waals surface area contributed by atoms with Crippen LogP contribution in [0, 0.1) is 5.92 Å². The van der Waals surface area contributed by atoms with Crippen molar-refractivity contribution < 1.29 is 4.74 Å². The van der Waals surface area contributed by atoms with Crippen LogP contribution in [0.25, 0.3) is 0 Å². The lowest BCUT2D eigenvalue weighted by Crippen LogP contribution is -2.26. The third-order valence-corrected chi connectivity index (χ3v) is 4.01. The van der Waals surface area contributed by atoms with Gasteiger partial charge in [0.25, 0.3) is 0 Å². The van der Waals surface area contributed by atoms with Crippen LogP contribution in [0.5, 0.6) is 5.88 Å². The molecule has 2 rings (SSSR count). The van der Waals surface area contributed by atoms with Crippen LogP contribution in [-0.4, -0.2) is 17.6 Å². The molecule has 1 aliphatic rings. The molecule has 0 spiro atoms. The molecule has 1 saturated carbocycles. The van der Waals surface area contributed by atoms with Crippen molar-refractivity contribution in [2.24, 2.45) is 5.92 Å². The van der Waals surface area contributed by atoms with Gasteiger partial charge < -0.3 is 10.1 Å². The lowest BCUT2D eigenvalue weighted by atomic mass is 9.85. The van der Waals surface area contributed by atoms with Crippen molar-refractivity contribution in [2.75, 3.05) is 6.54 Å². The van der Waals surface area contributed by atoms with Crippen molar-refractivity contribution in [1.29, 1.82) is 0 Å². The van der Waals surface area contributed by atoms with Gasteiger partial charge in [0.1, 0.15) is 6.10 Å². The Bertz CT molecular complexity index is 381. The molecule has 0 bridgehead atoms. The highest BCUT2D eigenvalue weighted by Crippen LogP contribution is 2.29. The van der Waals surface area contributed by atoms with Gasteiger partial charge in [-0.2, -0.15) is 0 Å². The molecule has 2 unspecified atom stereocenters. The minimum atomic E-state index is 0.356. The van der Waals surface area contributed by atoms with E-state index < -0.39 is 0 Å². The molecule has 1 fully saturated rings. The van der Waals surface area contributed by atoms with E-state index in [1.807, 2.05) is 12.3 Å². The number of hydrogen-bond acceptors (Lipinski definition) is 3. The summed E-state index contributed by atoms with van der Waals surface area (Å²) in [5.41, 5.74) is 1.17. The Balaban J connectivity index is 1.97. The van der Waals surface area contributed by atoms with Crippen molar-refractivity contribution in [2.45, 2.75) is 58.6 Å². The molecule has 1 aliphatic carbocycles. The lowest BCUT2D eigenvalue weighted by Gasteiger charge is -2.29. The summed E-state index contributed by atoms with van der Waals surface area (Å²) in [7, 11) is 0. The molecule has 3 heteroatoms. The minimum absolute atomic E-state index is 0.356. The van der Waals surface area contributed by atoms with Gasteiger partial charge in [-0.1, -0.05) is 32.8 Å². The second-order valence-corrected chi connectivity index (χ2v) is 5.43. The number of aromatic nitrogens is 1. The van der Waals surface area contributed by atoms with Gasteiger partial charge in [0, 0.05) is 18.3 Å². The van der Waals surface area contributed by atoms with Crippen LogP contribution in [0.4, 0.5) is 0 Å². The summed E-state index contributed by atoms with van der Waals surface area (Å²) in [6, 6.07) is 4.08. The highest BCUT2D eigenvalue weighted by Gasteiger charge is 2.23. The van der Waals surface area contributed by atoms with E-state index in [0.717, 1.165) is 24.9 Å². The monoisotopic (exact) mass is 262 g/mol. The Kier molecular flexibility index (Phi) is 5.64. The molecule has 0 aromatic carbocycles. The molecule has 3 nitrogen and oxygen atoms in total. The maximum Gasteiger partial charge on any atom is 0.218 e. The molecule has 1 heterocycles. The van der Waals surface area contributed by atoms with E-state index in [2.05, 4.69) is 30.2 Å². The zero-order valence-electron chi connectivity index (χ0n) is 12.2. The largest absolute Gasteiger partial charge is 0.474 e. The van der Waals surface area contributed by atoms with E-state index in [1.54, 1.807) is 0 Å². The van der Waals surface area contributed by atoms with Gasteiger partial charge in [-0.25, -0.2) is 4.98 Å². The molecular weight excluding hydrogens is 236 g/mol. The number of ether oxygens (including phenoxy) is 1. The fourth-order valence-corrected chi connectivity index (χ4v) is 2.80. The minimum Gasteiger partial charge on any atom is -0.474 e. The van der Waals surface area contributed by atoms with Crippen LogP contribution in [-0.2, 0) is 6.54 Å². The summed E-state index contributed by atoms with van der Waals surface area (Å²) in [4.78, 5) is 4.41. The van der Waals surface area contributed by atoms with Crippen LogP contribution in [0.1, 0.15) is 51.5 Å². The molecule has 19 heavy (non-hydrogen) atoms. The standard InChI is InChI=1S/C16H26N2O/c1-3-13-7-5-9-15(11-13)19-16-14(12-17-4-2)8-6-10-18-16/h6,8,10,13,15,17H,3-5,7,9,11-12H2,1-2H3. The van der Waals surface area contributed by atoms with Crippen LogP contribution in [0.2, 0.25) is 0 Å². The van der Waals surface area contributed by atoms with Crippen LogP contribution in [0.3, 0.4) is 0 Å². The van der Waals surface area contributed by atoms with Gasteiger partial charge in [0.2, 0.25) is 5.88 Å². The first kappa shape index (κ1) is 14.3. The Hall–Kier alpha value is -1.09. The second kappa shape index (κ2) is 7.49. The van der Waals surface area contributed by atoms with E-state index in [4.69, 9.17) is 4.74 Å². The number of nitrogens with one attached hydrogen (secondary N) is 1. The maximum absolute atomic E-state index is 6.16. The first-order chi connectivity index (χ1) is 9.33. The average molecular weight is 262 g/mol. The first-order valence-corrected chi connectivity index (χ1v) is 7.64. The summed E-state index contributed by atoms with van der Waals surface area (Å²) in [6.07, 6.45) is 8.47. The molecule has 0 radical (unpaired) electrons. The van der Waals surface area contributed by atoms with Gasteiger partial charge in [0.05, 0.1) is 0 Å². The quantitative estimate of drug-likeness (QED) is 0.851. The Morgan fingerprint density at radius 2 is 2.26 bits per heavy atom. The molecule has 1 aromatic rings. The summed E-state index contributed by atoms with van der Waals surface area (Å²) in [5.74, 6) is 1.66. The normalized spacial score (nSPS) is 23.3. The van der Waals surface area contributed by atoms with E-state index in [0.29, 0.717) is 6.10 Å². The molecule has 2 atom stereocenters. The van der Waals surface area contributed by atoms with Gasteiger partial charge in [-0.15, -0.1) is 0 Å². The van der Waals surface area contributed by atoms with E-state index in [9.17, 15) is 0 Å². The molecule has 1 aromatic heterocycles. The number of nitrogens with zero attached hydrogens (tertiary/aromatic N) is 1. The van der Waals surface area contributed by atoms with Gasteiger partial charge in [0.15, 0.2) is 0 Å². The van der Waals surface area contributed by atoms with E-state index in [-0.39, 0.29) is 0 Å². The highest BCUT2D eigenvalue weighted by atomic mass is 16.5.